The minimum atomic E-state index is -4.21. The van der Waals surface area contributed by atoms with Gasteiger partial charge in [-0.15, -0.1) is 0 Å². The number of nitrogens with zero attached hydrogens (tertiary/aromatic N) is 4. The lowest BCUT2D eigenvalue weighted by Gasteiger charge is -2.17. The molecule has 2 aromatic rings. The molecular formula is C12H12F2N4O2S. The average molecular weight is 314 g/mol. The SMILES string of the molecule is O=S(=O)(c1c(F)cccc1F)N1CCC(n2nccn2)C1. The summed E-state index contributed by atoms with van der Waals surface area (Å²) in [6, 6.07) is 2.76. The second-order valence-electron chi connectivity index (χ2n) is 4.71. The highest BCUT2D eigenvalue weighted by Crippen LogP contribution is 2.28. The van der Waals surface area contributed by atoms with Gasteiger partial charge in [0.05, 0.1) is 18.4 Å². The first-order chi connectivity index (χ1) is 10.00. The van der Waals surface area contributed by atoms with E-state index in [1.807, 2.05) is 0 Å². The second kappa shape index (κ2) is 5.15. The summed E-state index contributed by atoms with van der Waals surface area (Å²) >= 11 is 0. The van der Waals surface area contributed by atoms with Crippen molar-refractivity contribution >= 4 is 10.0 Å². The molecule has 0 spiro atoms. The standard InChI is InChI=1S/C12H12F2N4O2S/c13-10-2-1-3-11(14)12(10)21(19,20)17-7-4-9(8-17)18-15-5-6-16-18/h1-3,5-6,9H,4,7-8H2. The van der Waals surface area contributed by atoms with Gasteiger partial charge in [-0.1, -0.05) is 6.07 Å². The maximum absolute atomic E-state index is 13.7. The first-order valence-corrected chi connectivity index (χ1v) is 7.74. The fourth-order valence-corrected chi connectivity index (χ4v) is 3.99. The summed E-state index contributed by atoms with van der Waals surface area (Å²) in [6.07, 6.45) is 3.48. The van der Waals surface area contributed by atoms with E-state index in [0.29, 0.717) is 6.42 Å². The first-order valence-electron chi connectivity index (χ1n) is 6.30. The minimum Gasteiger partial charge on any atom is -0.207 e. The monoisotopic (exact) mass is 314 g/mol. The molecule has 1 aromatic carbocycles. The summed E-state index contributed by atoms with van der Waals surface area (Å²) in [4.78, 5) is 0.506. The van der Waals surface area contributed by atoms with Gasteiger partial charge >= 0.3 is 0 Å². The van der Waals surface area contributed by atoms with E-state index in [0.717, 1.165) is 22.5 Å². The molecule has 21 heavy (non-hydrogen) atoms. The van der Waals surface area contributed by atoms with Gasteiger partial charge in [-0.2, -0.15) is 19.3 Å². The van der Waals surface area contributed by atoms with E-state index in [4.69, 9.17) is 0 Å². The Hall–Kier alpha value is -1.87. The van der Waals surface area contributed by atoms with Crippen LogP contribution in [0.2, 0.25) is 0 Å². The summed E-state index contributed by atoms with van der Waals surface area (Å²) in [7, 11) is -4.21. The predicted molar refractivity (Wildman–Crippen MR) is 68.8 cm³/mol. The Labute approximate surface area is 120 Å². The molecule has 2 heterocycles. The Kier molecular flexibility index (Phi) is 3.46. The Morgan fingerprint density at radius 2 is 1.76 bits per heavy atom. The van der Waals surface area contributed by atoms with Gasteiger partial charge in [0.25, 0.3) is 0 Å². The van der Waals surface area contributed by atoms with E-state index >= 15 is 0 Å². The van der Waals surface area contributed by atoms with Gasteiger partial charge in [0.2, 0.25) is 10.0 Å². The van der Waals surface area contributed by atoms with Crippen LogP contribution in [0.5, 0.6) is 0 Å². The number of hydrogen-bond acceptors (Lipinski definition) is 4. The topological polar surface area (TPSA) is 68.1 Å². The van der Waals surface area contributed by atoms with Gasteiger partial charge in [-0.3, -0.25) is 0 Å². The number of aromatic nitrogens is 3. The lowest BCUT2D eigenvalue weighted by molar-refractivity contribution is 0.399. The largest absolute Gasteiger partial charge is 0.248 e. The van der Waals surface area contributed by atoms with E-state index in [1.54, 1.807) is 0 Å². The normalized spacial score (nSPS) is 20.0. The highest BCUT2D eigenvalue weighted by molar-refractivity contribution is 7.89. The van der Waals surface area contributed by atoms with Crippen molar-refractivity contribution in [3.05, 3.63) is 42.2 Å². The molecule has 112 valence electrons. The van der Waals surface area contributed by atoms with Crippen LogP contribution in [-0.4, -0.2) is 40.8 Å². The predicted octanol–water partition coefficient (Wildman–Crippen LogP) is 1.19. The Morgan fingerprint density at radius 1 is 1.14 bits per heavy atom. The van der Waals surface area contributed by atoms with Crippen LogP contribution >= 0.6 is 0 Å². The lowest BCUT2D eigenvalue weighted by atomic mass is 10.3. The van der Waals surface area contributed by atoms with Crippen molar-refractivity contribution in [3.63, 3.8) is 0 Å². The second-order valence-corrected chi connectivity index (χ2v) is 6.58. The molecule has 1 unspecified atom stereocenters. The average Bonchev–Trinajstić information content (AvgIpc) is 3.09. The number of hydrogen-bond donors (Lipinski definition) is 0. The van der Waals surface area contributed by atoms with Crippen LogP contribution in [0.3, 0.4) is 0 Å². The van der Waals surface area contributed by atoms with Crippen molar-refractivity contribution in [2.75, 3.05) is 13.1 Å². The molecule has 3 rings (SSSR count). The maximum Gasteiger partial charge on any atom is 0.248 e. The van der Waals surface area contributed by atoms with Crippen molar-refractivity contribution in [2.45, 2.75) is 17.4 Å². The summed E-state index contributed by atoms with van der Waals surface area (Å²) in [5.41, 5.74) is 0. The van der Waals surface area contributed by atoms with Crippen molar-refractivity contribution in [1.82, 2.24) is 19.3 Å². The number of rotatable bonds is 3. The molecule has 0 radical (unpaired) electrons. The van der Waals surface area contributed by atoms with Gasteiger partial charge in [0, 0.05) is 13.1 Å². The molecule has 0 N–H and O–H groups in total. The van der Waals surface area contributed by atoms with Gasteiger partial charge in [-0.25, -0.2) is 17.2 Å². The molecule has 0 bridgehead atoms. The van der Waals surface area contributed by atoms with Crippen LogP contribution in [-0.2, 0) is 10.0 Å². The number of halogens is 2. The van der Waals surface area contributed by atoms with Crippen LogP contribution in [0.15, 0.2) is 35.5 Å². The van der Waals surface area contributed by atoms with Crippen molar-refractivity contribution < 1.29 is 17.2 Å². The molecule has 1 saturated heterocycles. The molecule has 0 amide bonds. The molecule has 0 saturated carbocycles. The quantitative estimate of drug-likeness (QED) is 0.853. The van der Waals surface area contributed by atoms with E-state index in [2.05, 4.69) is 10.2 Å². The van der Waals surface area contributed by atoms with Crippen LogP contribution in [0.1, 0.15) is 12.5 Å². The van der Waals surface area contributed by atoms with Gasteiger partial charge in [0.15, 0.2) is 4.90 Å². The summed E-state index contributed by atoms with van der Waals surface area (Å²) in [5.74, 6) is -2.17. The third-order valence-corrected chi connectivity index (χ3v) is 5.32. The summed E-state index contributed by atoms with van der Waals surface area (Å²) in [6.45, 7) is 0.257. The fourth-order valence-electron chi connectivity index (χ4n) is 2.39. The van der Waals surface area contributed by atoms with Gasteiger partial charge in [0.1, 0.15) is 11.6 Å². The molecule has 1 aromatic heterocycles. The molecule has 0 aliphatic carbocycles. The Bertz CT molecular complexity index is 728. The van der Waals surface area contributed by atoms with Crippen LogP contribution in [0.25, 0.3) is 0 Å². The summed E-state index contributed by atoms with van der Waals surface area (Å²) < 4.78 is 53.2. The highest BCUT2D eigenvalue weighted by atomic mass is 32.2. The van der Waals surface area contributed by atoms with E-state index in [1.165, 1.54) is 17.2 Å². The van der Waals surface area contributed by atoms with Gasteiger partial charge in [-0.05, 0) is 18.6 Å². The molecule has 1 aliphatic rings. The summed E-state index contributed by atoms with van der Waals surface area (Å²) in [5, 5.41) is 7.92. The first kappa shape index (κ1) is 14.1. The third-order valence-electron chi connectivity index (χ3n) is 3.41. The fraction of sp³-hybridized carbons (Fsp3) is 0.333. The van der Waals surface area contributed by atoms with E-state index in [-0.39, 0.29) is 19.1 Å². The number of benzene rings is 1. The van der Waals surface area contributed by atoms with Crippen LogP contribution < -0.4 is 0 Å². The van der Waals surface area contributed by atoms with Crippen molar-refractivity contribution in [1.29, 1.82) is 0 Å². The van der Waals surface area contributed by atoms with E-state index in [9.17, 15) is 17.2 Å². The zero-order valence-electron chi connectivity index (χ0n) is 10.9. The molecular weight excluding hydrogens is 302 g/mol. The molecule has 1 aliphatic heterocycles. The van der Waals surface area contributed by atoms with Crippen LogP contribution in [0, 0.1) is 11.6 Å². The molecule has 1 atom stereocenters. The minimum absolute atomic E-state index is 0.0881. The lowest BCUT2D eigenvalue weighted by Crippen LogP contribution is -2.31. The Balaban J connectivity index is 1.90. The molecule has 9 heteroatoms. The Morgan fingerprint density at radius 3 is 2.38 bits per heavy atom. The zero-order chi connectivity index (χ0) is 15.0. The van der Waals surface area contributed by atoms with Crippen molar-refractivity contribution in [3.8, 4) is 0 Å². The van der Waals surface area contributed by atoms with Crippen molar-refractivity contribution in [2.24, 2.45) is 0 Å². The third kappa shape index (κ3) is 2.42. The highest BCUT2D eigenvalue weighted by Gasteiger charge is 2.37. The van der Waals surface area contributed by atoms with Gasteiger partial charge < -0.3 is 0 Å². The molecule has 1 fully saturated rings. The molecule has 6 nitrogen and oxygen atoms in total. The van der Waals surface area contributed by atoms with Crippen LogP contribution in [0.4, 0.5) is 8.78 Å². The maximum atomic E-state index is 13.7. The smallest absolute Gasteiger partial charge is 0.207 e. The zero-order valence-corrected chi connectivity index (χ0v) is 11.7. The van der Waals surface area contributed by atoms with E-state index < -0.39 is 26.6 Å². The number of sulfonamides is 1.